The first-order chi connectivity index (χ1) is 34.0. The summed E-state index contributed by atoms with van der Waals surface area (Å²) in [4.78, 5) is 35.6. The quantitative estimate of drug-likeness (QED) is 0.0211. The Morgan fingerprint density at radius 2 is 0.814 bits per heavy atom. The molecule has 0 radical (unpaired) electrons. The molecule has 0 heterocycles. The number of carbonyl (C=O) groups excluding carboxylic acids is 2. The van der Waals surface area contributed by atoms with Gasteiger partial charge in [0.15, 0.2) is 6.10 Å². The molecule has 0 aliphatic rings. The van der Waals surface area contributed by atoms with Gasteiger partial charge in [-0.15, -0.1) is 0 Å². The molecule has 70 heavy (non-hydrogen) atoms. The minimum Gasteiger partial charge on any atom is -0.462 e. The van der Waals surface area contributed by atoms with Gasteiger partial charge in [-0.3, -0.25) is 18.6 Å². The van der Waals surface area contributed by atoms with E-state index in [0.717, 1.165) is 83.5 Å². The summed E-state index contributed by atoms with van der Waals surface area (Å²) in [7, 11) is 1.46. The Morgan fingerprint density at radius 3 is 1.21 bits per heavy atom. The van der Waals surface area contributed by atoms with E-state index in [-0.39, 0.29) is 32.0 Å². The zero-order valence-corrected chi connectivity index (χ0v) is 46.9. The van der Waals surface area contributed by atoms with E-state index in [1.807, 2.05) is 21.1 Å². The number of carbonyl (C=O) groups is 2. The van der Waals surface area contributed by atoms with Crippen molar-refractivity contribution < 1.29 is 42.1 Å². The number of hydrogen-bond donors (Lipinski definition) is 1. The largest absolute Gasteiger partial charge is 0.472 e. The van der Waals surface area contributed by atoms with Gasteiger partial charge in [-0.2, -0.15) is 0 Å². The minimum absolute atomic E-state index is 0.0266. The predicted octanol–water partition coefficient (Wildman–Crippen LogP) is 17.7. The third-order valence-electron chi connectivity index (χ3n) is 12.2. The van der Waals surface area contributed by atoms with Crippen LogP contribution in [0.25, 0.3) is 0 Å². The maximum Gasteiger partial charge on any atom is 0.472 e. The van der Waals surface area contributed by atoms with E-state index in [1.165, 1.54) is 128 Å². The van der Waals surface area contributed by atoms with Crippen LogP contribution >= 0.6 is 7.82 Å². The molecule has 0 aliphatic carbocycles. The smallest absolute Gasteiger partial charge is 0.462 e. The normalized spacial score (nSPS) is 13.9. The average molecular weight is 1000 g/mol. The van der Waals surface area contributed by atoms with Crippen LogP contribution in [0.5, 0.6) is 0 Å². The van der Waals surface area contributed by atoms with Gasteiger partial charge < -0.3 is 18.9 Å². The monoisotopic (exact) mass is 1000 g/mol. The number of nitrogens with zero attached hydrogens (tertiary/aromatic N) is 1. The van der Waals surface area contributed by atoms with Gasteiger partial charge in [0.2, 0.25) is 0 Å². The summed E-state index contributed by atoms with van der Waals surface area (Å²) in [5.41, 5.74) is 0. The highest BCUT2D eigenvalue weighted by atomic mass is 31.2. The second-order valence-electron chi connectivity index (χ2n) is 20.3. The summed E-state index contributed by atoms with van der Waals surface area (Å²) >= 11 is 0. The van der Waals surface area contributed by atoms with Crippen molar-refractivity contribution in [1.29, 1.82) is 0 Å². The minimum atomic E-state index is -4.39. The summed E-state index contributed by atoms with van der Waals surface area (Å²) in [6.07, 6.45) is 66.9. The second kappa shape index (κ2) is 51.4. The highest BCUT2D eigenvalue weighted by Crippen LogP contribution is 2.43. The van der Waals surface area contributed by atoms with Crippen LogP contribution in [-0.2, 0) is 32.7 Å². The second-order valence-corrected chi connectivity index (χ2v) is 21.7. The zero-order valence-electron chi connectivity index (χ0n) is 46.0. The van der Waals surface area contributed by atoms with E-state index in [1.54, 1.807) is 0 Å². The first-order valence-corrected chi connectivity index (χ1v) is 30.2. The molecular weight excluding hydrogens is 894 g/mol. The third-order valence-corrected chi connectivity index (χ3v) is 13.2. The first kappa shape index (κ1) is 67.5. The Bertz CT molecular complexity index is 1410. The van der Waals surface area contributed by atoms with Crippen molar-refractivity contribution in [3.8, 4) is 0 Å². The molecule has 0 amide bonds. The van der Waals surface area contributed by atoms with Crippen molar-refractivity contribution in [1.82, 2.24) is 0 Å². The van der Waals surface area contributed by atoms with Crippen LogP contribution in [-0.4, -0.2) is 74.9 Å². The fourth-order valence-corrected chi connectivity index (χ4v) is 8.54. The number of likely N-dealkylation sites (N-methyl/N-ethyl adjacent to an activating group) is 1. The third kappa shape index (κ3) is 54.8. The Hall–Kier alpha value is -2.55. The maximum absolute atomic E-state index is 12.8. The SMILES string of the molecule is CC/C=C\C/C=C\C/C=C\CCCCCCCC(=O)OCC(COP(=O)(O)OCC[N+](C)(C)C)OC(=O)CCCCCCCCCCCCCCCCCC/C=C\C/C=C\C/C=C\CCCCCCC. The van der Waals surface area contributed by atoms with Gasteiger partial charge in [0, 0.05) is 12.8 Å². The number of unbranched alkanes of at least 4 members (excludes halogenated alkanes) is 26. The Kier molecular flexibility index (Phi) is 49.5. The lowest BCUT2D eigenvalue weighted by Crippen LogP contribution is -2.37. The lowest BCUT2D eigenvalue weighted by Gasteiger charge is -2.24. The molecule has 0 spiro atoms. The molecule has 406 valence electrons. The summed E-state index contributed by atoms with van der Waals surface area (Å²) in [5.74, 6) is -0.815. The molecule has 0 saturated heterocycles. The summed E-state index contributed by atoms with van der Waals surface area (Å²) < 4.78 is 34.5. The van der Waals surface area contributed by atoms with E-state index in [4.69, 9.17) is 18.5 Å². The van der Waals surface area contributed by atoms with E-state index in [0.29, 0.717) is 17.4 Å². The van der Waals surface area contributed by atoms with Crippen molar-refractivity contribution in [3.05, 3.63) is 72.9 Å². The first-order valence-electron chi connectivity index (χ1n) is 28.7. The number of quaternary nitrogens is 1. The lowest BCUT2D eigenvalue weighted by molar-refractivity contribution is -0.870. The lowest BCUT2D eigenvalue weighted by atomic mass is 10.0. The van der Waals surface area contributed by atoms with Gasteiger partial charge in [0.25, 0.3) is 0 Å². The molecule has 9 nitrogen and oxygen atoms in total. The summed E-state index contributed by atoms with van der Waals surface area (Å²) in [5, 5.41) is 0. The number of phosphoric ester groups is 1. The molecule has 2 atom stereocenters. The van der Waals surface area contributed by atoms with Crippen molar-refractivity contribution in [2.24, 2.45) is 0 Å². The van der Waals surface area contributed by atoms with E-state index >= 15 is 0 Å². The van der Waals surface area contributed by atoms with Gasteiger partial charge in [-0.1, -0.05) is 222 Å². The number of hydrogen-bond acceptors (Lipinski definition) is 7. The van der Waals surface area contributed by atoms with Crippen molar-refractivity contribution in [2.75, 3.05) is 47.5 Å². The topological polar surface area (TPSA) is 108 Å². The van der Waals surface area contributed by atoms with Crippen molar-refractivity contribution in [3.63, 3.8) is 0 Å². The number of ether oxygens (including phenoxy) is 2. The standard InChI is InChI=1S/C60H108NO8P/c1-6-8-10-12-14-16-18-20-22-23-24-25-26-27-28-29-30-31-32-33-34-35-36-37-39-41-43-45-47-49-51-53-60(63)69-58(57-68-70(64,65)67-55-54-61(3,4)5)56-66-59(62)52-50-48-46-44-42-40-38-21-19-17-15-13-11-9-7-2/h9,11,15,17-18,20-21,23-24,26-27,38,58H,6-8,10,12-14,16,19,22,25,28-37,39-57H2,1-5H3/p+1/b11-9-,17-15-,20-18-,24-23-,27-26-,38-21-. The Balaban J connectivity index is 4.09. The fourth-order valence-electron chi connectivity index (χ4n) is 7.80. The van der Waals surface area contributed by atoms with Crippen LogP contribution < -0.4 is 0 Å². The van der Waals surface area contributed by atoms with Crippen LogP contribution in [0.2, 0.25) is 0 Å². The predicted molar refractivity (Wildman–Crippen MR) is 298 cm³/mol. The van der Waals surface area contributed by atoms with E-state index in [2.05, 4.69) is 86.8 Å². The number of rotatable bonds is 52. The van der Waals surface area contributed by atoms with Crippen LogP contribution in [0.15, 0.2) is 72.9 Å². The van der Waals surface area contributed by atoms with Crippen molar-refractivity contribution >= 4 is 19.8 Å². The van der Waals surface area contributed by atoms with Crippen LogP contribution in [0.1, 0.15) is 245 Å². The number of phosphoric acid groups is 1. The zero-order chi connectivity index (χ0) is 51.3. The molecule has 10 heteroatoms. The average Bonchev–Trinajstić information content (AvgIpc) is 3.32. The number of allylic oxidation sites excluding steroid dienone is 12. The van der Waals surface area contributed by atoms with Crippen molar-refractivity contribution in [2.45, 2.75) is 251 Å². The highest BCUT2D eigenvalue weighted by Gasteiger charge is 2.27. The molecule has 0 aromatic carbocycles. The molecule has 0 aromatic rings. The molecule has 1 N–H and O–H groups in total. The highest BCUT2D eigenvalue weighted by molar-refractivity contribution is 7.47. The molecule has 0 aromatic heterocycles. The van der Waals surface area contributed by atoms with Crippen LogP contribution in [0.4, 0.5) is 0 Å². The molecule has 2 unspecified atom stereocenters. The summed E-state index contributed by atoms with van der Waals surface area (Å²) in [6.45, 7) is 4.30. The Morgan fingerprint density at radius 1 is 0.457 bits per heavy atom. The molecule has 0 saturated carbocycles. The molecule has 0 aliphatic heterocycles. The maximum atomic E-state index is 12.8. The van der Waals surface area contributed by atoms with Gasteiger partial charge in [-0.25, -0.2) is 4.57 Å². The van der Waals surface area contributed by atoms with Gasteiger partial charge in [0.05, 0.1) is 27.7 Å². The molecular formula is C60H109NO8P+. The van der Waals surface area contributed by atoms with Crippen LogP contribution in [0, 0.1) is 0 Å². The molecule has 0 rings (SSSR count). The number of esters is 2. The van der Waals surface area contributed by atoms with Gasteiger partial charge in [0.1, 0.15) is 19.8 Å². The van der Waals surface area contributed by atoms with Gasteiger partial charge in [-0.05, 0) is 83.5 Å². The van der Waals surface area contributed by atoms with E-state index < -0.39 is 26.5 Å². The summed E-state index contributed by atoms with van der Waals surface area (Å²) in [6, 6.07) is 0. The fraction of sp³-hybridized carbons (Fsp3) is 0.767. The molecule has 0 fully saturated rings. The van der Waals surface area contributed by atoms with Gasteiger partial charge >= 0.3 is 19.8 Å². The van der Waals surface area contributed by atoms with E-state index in [9.17, 15) is 19.0 Å². The molecule has 0 bridgehead atoms. The van der Waals surface area contributed by atoms with Crippen LogP contribution in [0.3, 0.4) is 0 Å². The Labute approximate surface area is 431 Å².